The Balaban J connectivity index is 0.00000180. The van der Waals surface area contributed by atoms with Crippen molar-refractivity contribution in [1.82, 2.24) is 14.8 Å². The maximum Gasteiger partial charge on any atom is 0.453 e. The van der Waals surface area contributed by atoms with Crippen LogP contribution in [0.1, 0.15) is 17.0 Å². The number of nitrogen functional groups attached to an aromatic ring is 1. The predicted molar refractivity (Wildman–Crippen MR) is 70.6 cm³/mol. The molecule has 2 rings (SSSR count). The van der Waals surface area contributed by atoms with E-state index >= 15 is 0 Å². The first kappa shape index (κ1) is 15.4. The number of benzene rings is 1. The molecule has 0 aliphatic heterocycles. The number of rotatable bonds is 1. The van der Waals surface area contributed by atoms with Gasteiger partial charge in [-0.05, 0) is 25.5 Å². The van der Waals surface area contributed by atoms with Crippen molar-refractivity contribution in [2.24, 2.45) is 0 Å². The van der Waals surface area contributed by atoms with E-state index in [-0.39, 0.29) is 19.4 Å². The SMILES string of the molecule is Cc1ccc(-n2nc(C(F)(F)F)nc2N)c(C)c1.S. The Labute approximate surface area is 114 Å². The van der Waals surface area contributed by atoms with E-state index in [1.165, 1.54) is 0 Å². The summed E-state index contributed by atoms with van der Waals surface area (Å²) in [6.07, 6.45) is -4.60. The highest BCUT2D eigenvalue weighted by Gasteiger charge is 2.37. The van der Waals surface area contributed by atoms with Crippen LogP contribution in [0.25, 0.3) is 5.69 Å². The van der Waals surface area contributed by atoms with Crippen LogP contribution in [0.2, 0.25) is 0 Å². The summed E-state index contributed by atoms with van der Waals surface area (Å²) in [6, 6.07) is 5.27. The lowest BCUT2D eigenvalue weighted by molar-refractivity contribution is -0.144. The molecule has 0 saturated carbocycles. The Bertz CT molecular complexity index is 592. The van der Waals surface area contributed by atoms with E-state index in [4.69, 9.17) is 5.73 Å². The monoisotopic (exact) mass is 290 g/mol. The summed E-state index contributed by atoms with van der Waals surface area (Å²) in [6.45, 7) is 3.67. The molecule has 2 aromatic rings. The zero-order valence-electron chi connectivity index (χ0n) is 10.3. The van der Waals surface area contributed by atoms with Gasteiger partial charge in [0, 0.05) is 0 Å². The first-order valence-corrected chi connectivity index (χ1v) is 5.16. The summed E-state index contributed by atoms with van der Waals surface area (Å²) < 4.78 is 38.4. The molecule has 1 heterocycles. The minimum Gasteiger partial charge on any atom is -0.368 e. The molecule has 0 spiro atoms. The maximum absolute atomic E-state index is 12.5. The fourth-order valence-electron chi connectivity index (χ4n) is 1.66. The molecule has 0 bridgehead atoms. The van der Waals surface area contributed by atoms with Crippen molar-refractivity contribution in [2.75, 3.05) is 5.73 Å². The fourth-order valence-corrected chi connectivity index (χ4v) is 1.66. The lowest BCUT2D eigenvalue weighted by atomic mass is 10.1. The normalized spacial score (nSPS) is 11.2. The quantitative estimate of drug-likeness (QED) is 0.878. The van der Waals surface area contributed by atoms with Crippen LogP contribution in [-0.2, 0) is 6.18 Å². The van der Waals surface area contributed by atoms with E-state index in [2.05, 4.69) is 10.1 Å². The molecule has 2 N–H and O–H groups in total. The van der Waals surface area contributed by atoms with Gasteiger partial charge in [0.2, 0.25) is 5.95 Å². The number of anilines is 1. The largest absolute Gasteiger partial charge is 0.453 e. The third-order valence-corrected chi connectivity index (χ3v) is 2.47. The summed E-state index contributed by atoms with van der Waals surface area (Å²) in [5.41, 5.74) is 7.74. The third kappa shape index (κ3) is 3.01. The first-order valence-electron chi connectivity index (χ1n) is 5.16. The van der Waals surface area contributed by atoms with E-state index in [0.29, 0.717) is 5.69 Å². The standard InChI is InChI=1S/C11H11F3N4.H2S/c1-6-3-4-8(7(2)5-6)18-10(15)16-9(17-18)11(12,13)14;/h3-5H,1-2H3,(H2,15,16,17);1H2. The molecular formula is C11H13F3N4S. The second-order valence-electron chi connectivity index (χ2n) is 3.99. The van der Waals surface area contributed by atoms with E-state index in [9.17, 15) is 13.2 Å². The van der Waals surface area contributed by atoms with Gasteiger partial charge in [-0.25, -0.2) is 0 Å². The molecule has 0 aliphatic carbocycles. The molecule has 0 amide bonds. The van der Waals surface area contributed by atoms with Crippen molar-refractivity contribution >= 4 is 19.4 Å². The van der Waals surface area contributed by atoms with Gasteiger partial charge in [-0.3, -0.25) is 0 Å². The Morgan fingerprint density at radius 2 is 1.84 bits per heavy atom. The van der Waals surface area contributed by atoms with Crippen LogP contribution in [0.4, 0.5) is 19.1 Å². The smallest absolute Gasteiger partial charge is 0.368 e. The molecule has 4 nitrogen and oxygen atoms in total. The van der Waals surface area contributed by atoms with Gasteiger partial charge >= 0.3 is 6.18 Å². The molecule has 0 unspecified atom stereocenters. The molecule has 0 saturated heterocycles. The van der Waals surface area contributed by atoms with Crippen molar-refractivity contribution in [1.29, 1.82) is 0 Å². The molecule has 104 valence electrons. The van der Waals surface area contributed by atoms with Crippen LogP contribution < -0.4 is 5.73 Å². The van der Waals surface area contributed by atoms with Crippen LogP contribution in [0.15, 0.2) is 18.2 Å². The van der Waals surface area contributed by atoms with Gasteiger partial charge in [0.15, 0.2) is 0 Å². The van der Waals surface area contributed by atoms with Crippen LogP contribution in [0, 0.1) is 13.8 Å². The molecular weight excluding hydrogens is 277 g/mol. The van der Waals surface area contributed by atoms with Gasteiger partial charge in [-0.1, -0.05) is 17.7 Å². The third-order valence-electron chi connectivity index (χ3n) is 2.47. The molecule has 0 radical (unpaired) electrons. The summed E-state index contributed by atoms with van der Waals surface area (Å²) >= 11 is 0. The Morgan fingerprint density at radius 1 is 1.21 bits per heavy atom. The van der Waals surface area contributed by atoms with Gasteiger partial charge in [-0.15, -0.1) is 5.10 Å². The molecule has 8 heteroatoms. The van der Waals surface area contributed by atoms with Gasteiger partial charge in [-0.2, -0.15) is 36.3 Å². The summed E-state index contributed by atoms with van der Waals surface area (Å²) in [5.74, 6) is -1.52. The van der Waals surface area contributed by atoms with Crippen LogP contribution in [-0.4, -0.2) is 14.8 Å². The average Bonchev–Trinajstić information content (AvgIpc) is 2.60. The highest BCUT2D eigenvalue weighted by atomic mass is 32.1. The second-order valence-corrected chi connectivity index (χ2v) is 3.99. The number of hydrogen-bond acceptors (Lipinski definition) is 3. The Morgan fingerprint density at radius 3 is 2.32 bits per heavy atom. The molecule has 0 fully saturated rings. The van der Waals surface area contributed by atoms with Crippen molar-refractivity contribution in [2.45, 2.75) is 20.0 Å². The van der Waals surface area contributed by atoms with Crippen molar-refractivity contribution in [3.63, 3.8) is 0 Å². The fraction of sp³-hybridized carbons (Fsp3) is 0.273. The lowest BCUT2D eigenvalue weighted by Gasteiger charge is -2.07. The van der Waals surface area contributed by atoms with E-state index in [1.54, 1.807) is 19.1 Å². The van der Waals surface area contributed by atoms with Crippen LogP contribution >= 0.6 is 13.5 Å². The number of halogens is 3. The number of aromatic nitrogens is 3. The number of alkyl halides is 3. The number of aryl methyl sites for hydroxylation is 2. The van der Waals surface area contributed by atoms with Gasteiger partial charge in [0.05, 0.1) is 5.69 Å². The molecule has 19 heavy (non-hydrogen) atoms. The zero-order chi connectivity index (χ0) is 13.5. The average molecular weight is 290 g/mol. The highest BCUT2D eigenvalue weighted by molar-refractivity contribution is 7.59. The minimum atomic E-state index is -4.60. The van der Waals surface area contributed by atoms with Crippen LogP contribution in [0.5, 0.6) is 0 Å². The predicted octanol–water partition coefficient (Wildman–Crippen LogP) is 2.60. The highest BCUT2D eigenvalue weighted by Crippen LogP contribution is 2.28. The van der Waals surface area contributed by atoms with Crippen LogP contribution in [0.3, 0.4) is 0 Å². The maximum atomic E-state index is 12.5. The minimum absolute atomic E-state index is 0. The molecule has 1 aromatic carbocycles. The first-order chi connectivity index (χ1) is 8.29. The van der Waals surface area contributed by atoms with Crippen molar-refractivity contribution < 1.29 is 13.2 Å². The van der Waals surface area contributed by atoms with Gasteiger partial charge < -0.3 is 5.73 Å². The molecule has 1 aromatic heterocycles. The molecule has 0 aliphatic rings. The number of nitrogens with zero attached hydrogens (tertiary/aromatic N) is 3. The summed E-state index contributed by atoms with van der Waals surface area (Å²) in [4.78, 5) is 3.23. The van der Waals surface area contributed by atoms with Crippen molar-refractivity contribution in [3.05, 3.63) is 35.2 Å². The summed E-state index contributed by atoms with van der Waals surface area (Å²) in [7, 11) is 0. The second kappa shape index (κ2) is 5.12. The molecule has 0 atom stereocenters. The Kier molecular flexibility index (Phi) is 4.14. The van der Waals surface area contributed by atoms with Gasteiger partial charge in [0.1, 0.15) is 0 Å². The lowest BCUT2D eigenvalue weighted by Crippen LogP contribution is -2.09. The number of hydrogen-bond donors (Lipinski definition) is 1. The summed E-state index contributed by atoms with van der Waals surface area (Å²) in [5, 5.41) is 3.40. The van der Waals surface area contributed by atoms with E-state index < -0.39 is 12.0 Å². The Hall–Kier alpha value is -1.70. The topological polar surface area (TPSA) is 56.7 Å². The van der Waals surface area contributed by atoms with Gasteiger partial charge in [0.25, 0.3) is 5.82 Å². The zero-order valence-corrected chi connectivity index (χ0v) is 11.3. The van der Waals surface area contributed by atoms with E-state index in [1.807, 2.05) is 13.0 Å². The van der Waals surface area contributed by atoms with Crippen molar-refractivity contribution in [3.8, 4) is 5.69 Å². The van der Waals surface area contributed by atoms with E-state index in [0.717, 1.165) is 15.8 Å². The number of nitrogens with two attached hydrogens (primary N) is 1.